The fraction of sp³-hybridized carbons (Fsp3) is 0.667. The Morgan fingerprint density at radius 2 is 2.17 bits per heavy atom. The molecule has 18 heavy (non-hydrogen) atoms. The highest BCUT2D eigenvalue weighted by Crippen LogP contribution is 2.30. The summed E-state index contributed by atoms with van der Waals surface area (Å²) in [7, 11) is 0. The maximum Gasteiger partial charge on any atom is 0.148 e. The minimum absolute atomic E-state index is 0.130. The number of nitrogens with one attached hydrogen (secondary N) is 1. The molecule has 1 saturated carbocycles. The monoisotopic (exact) mass is 251 g/mol. The maximum absolute atomic E-state index is 9.25. The van der Waals surface area contributed by atoms with Crippen molar-refractivity contribution < 1.29 is 5.11 Å². The minimum Gasteiger partial charge on any atom is -0.395 e. The zero-order chi connectivity index (χ0) is 13.0. The molecule has 1 aliphatic rings. The highest BCUT2D eigenvalue weighted by atomic mass is 16.3. The molecule has 2 rings (SSSR count). The molecule has 0 saturated heterocycles. The van der Waals surface area contributed by atoms with Crippen LogP contribution in [0, 0.1) is 6.92 Å². The summed E-state index contributed by atoms with van der Waals surface area (Å²) in [6, 6.07) is 0.469. The number of aliphatic hydroxyl groups is 1. The van der Waals surface area contributed by atoms with Gasteiger partial charge in [0.25, 0.3) is 0 Å². The first-order chi connectivity index (χ1) is 8.77. The normalized spacial score (nSPS) is 15.9. The molecule has 0 bridgehead atoms. The molecule has 1 aliphatic carbocycles. The number of nitrogens with zero attached hydrogens (tertiary/aromatic N) is 3. The van der Waals surface area contributed by atoms with E-state index in [-0.39, 0.29) is 6.61 Å². The second-order valence-corrected chi connectivity index (χ2v) is 4.67. The van der Waals surface area contributed by atoms with Gasteiger partial charge in [-0.05, 0) is 19.8 Å². The number of hydrogen-bond donors (Lipinski definition) is 3. The summed E-state index contributed by atoms with van der Waals surface area (Å²) in [6.07, 6.45) is 6.33. The Morgan fingerprint density at radius 3 is 2.78 bits per heavy atom. The van der Waals surface area contributed by atoms with Gasteiger partial charge in [-0.2, -0.15) is 0 Å². The fourth-order valence-electron chi connectivity index (χ4n) is 2.66. The summed E-state index contributed by atoms with van der Waals surface area (Å²) in [4.78, 5) is 10.6. The zero-order valence-corrected chi connectivity index (χ0v) is 10.8. The third-order valence-corrected chi connectivity index (χ3v) is 3.57. The molecule has 1 fully saturated rings. The van der Waals surface area contributed by atoms with Crippen molar-refractivity contribution >= 4 is 11.6 Å². The molecule has 6 heteroatoms. The molecule has 0 radical (unpaired) electrons. The van der Waals surface area contributed by atoms with Crippen molar-refractivity contribution in [1.82, 2.24) is 9.97 Å². The number of anilines is 2. The van der Waals surface area contributed by atoms with Crippen LogP contribution in [0.25, 0.3) is 0 Å². The Hall–Kier alpha value is -1.40. The van der Waals surface area contributed by atoms with Crippen LogP contribution in [0.5, 0.6) is 0 Å². The van der Waals surface area contributed by atoms with Gasteiger partial charge in [0.15, 0.2) is 0 Å². The summed E-state index contributed by atoms with van der Waals surface area (Å²) >= 11 is 0. The Morgan fingerprint density at radius 1 is 1.44 bits per heavy atom. The molecule has 0 aliphatic heterocycles. The molecular weight excluding hydrogens is 230 g/mol. The van der Waals surface area contributed by atoms with Gasteiger partial charge in [0, 0.05) is 18.2 Å². The third kappa shape index (κ3) is 2.54. The quantitative estimate of drug-likeness (QED) is 0.530. The number of rotatable bonds is 5. The van der Waals surface area contributed by atoms with Crippen molar-refractivity contribution in [2.75, 3.05) is 23.5 Å². The molecule has 0 atom stereocenters. The number of hydrogen-bond acceptors (Lipinski definition) is 6. The smallest absolute Gasteiger partial charge is 0.148 e. The van der Waals surface area contributed by atoms with Gasteiger partial charge >= 0.3 is 0 Å². The van der Waals surface area contributed by atoms with E-state index in [1.807, 2.05) is 6.92 Å². The van der Waals surface area contributed by atoms with Crippen LogP contribution >= 0.6 is 0 Å². The highest BCUT2D eigenvalue weighted by Gasteiger charge is 2.25. The van der Waals surface area contributed by atoms with E-state index in [0.29, 0.717) is 18.4 Å². The van der Waals surface area contributed by atoms with Gasteiger partial charge in [-0.1, -0.05) is 12.8 Å². The van der Waals surface area contributed by atoms with Crippen LogP contribution in [-0.2, 0) is 0 Å². The number of aromatic nitrogens is 2. The fourth-order valence-corrected chi connectivity index (χ4v) is 2.66. The molecule has 0 spiro atoms. The summed E-state index contributed by atoms with van der Waals surface area (Å²) in [5.41, 5.74) is 3.51. The Balaban J connectivity index is 2.29. The lowest BCUT2D eigenvalue weighted by Gasteiger charge is -2.30. The first-order valence-electron chi connectivity index (χ1n) is 6.43. The van der Waals surface area contributed by atoms with Crippen molar-refractivity contribution in [2.24, 2.45) is 5.84 Å². The lowest BCUT2D eigenvalue weighted by molar-refractivity contribution is 0.296. The van der Waals surface area contributed by atoms with Crippen LogP contribution in [0.3, 0.4) is 0 Å². The van der Waals surface area contributed by atoms with Crippen molar-refractivity contribution in [3.8, 4) is 0 Å². The van der Waals surface area contributed by atoms with E-state index in [0.717, 1.165) is 24.2 Å². The van der Waals surface area contributed by atoms with E-state index in [1.165, 1.54) is 19.2 Å². The molecule has 0 aromatic carbocycles. The first-order valence-corrected chi connectivity index (χ1v) is 6.43. The van der Waals surface area contributed by atoms with Gasteiger partial charge in [0.1, 0.15) is 18.0 Å². The number of hydrazine groups is 1. The van der Waals surface area contributed by atoms with Gasteiger partial charge in [0.2, 0.25) is 0 Å². The third-order valence-electron chi connectivity index (χ3n) is 3.57. The van der Waals surface area contributed by atoms with Gasteiger partial charge in [-0.15, -0.1) is 0 Å². The standard InChI is InChI=1S/C12H21N5O/c1-9-11(16-13)14-8-15-12(9)17(6-7-18)10-4-2-3-5-10/h8,10,18H,2-7,13H2,1H3,(H,14,15,16). The van der Waals surface area contributed by atoms with Crippen LogP contribution in [0.1, 0.15) is 31.2 Å². The van der Waals surface area contributed by atoms with E-state index >= 15 is 0 Å². The van der Waals surface area contributed by atoms with Crippen LogP contribution in [0.15, 0.2) is 6.33 Å². The van der Waals surface area contributed by atoms with Crippen LogP contribution in [0.4, 0.5) is 11.6 Å². The first kappa shape index (κ1) is 13.0. The minimum atomic E-state index is 0.130. The molecule has 100 valence electrons. The second-order valence-electron chi connectivity index (χ2n) is 4.67. The number of aliphatic hydroxyl groups excluding tert-OH is 1. The average molecular weight is 251 g/mol. The molecule has 1 heterocycles. The molecule has 1 aromatic rings. The largest absolute Gasteiger partial charge is 0.395 e. The summed E-state index contributed by atoms with van der Waals surface area (Å²) in [5.74, 6) is 6.95. The van der Waals surface area contributed by atoms with Crippen LogP contribution < -0.4 is 16.2 Å². The topological polar surface area (TPSA) is 87.3 Å². The summed E-state index contributed by atoms with van der Waals surface area (Å²) < 4.78 is 0. The Kier molecular flexibility index (Phi) is 4.33. The van der Waals surface area contributed by atoms with Gasteiger partial charge in [-0.25, -0.2) is 15.8 Å². The van der Waals surface area contributed by atoms with Crippen LogP contribution in [0.2, 0.25) is 0 Å². The Labute approximate surface area is 107 Å². The van der Waals surface area contributed by atoms with E-state index in [9.17, 15) is 5.11 Å². The second kappa shape index (κ2) is 5.97. The zero-order valence-electron chi connectivity index (χ0n) is 10.8. The van der Waals surface area contributed by atoms with E-state index in [4.69, 9.17) is 5.84 Å². The van der Waals surface area contributed by atoms with Crippen LogP contribution in [-0.4, -0.2) is 34.3 Å². The lowest BCUT2D eigenvalue weighted by atomic mass is 10.2. The molecule has 0 amide bonds. The summed E-state index contributed by atoms with van der Waals surface area (Å²) in [6.45, 7) is 2.68. The number of nitrogens with two attached hydrogens (primary N) is 1. The predicted octanol–water partition coefficient (Wildman–Crippen LogP) is 0.812. The molecule has 6 nitrogen and oxygen atoms in total. The van der Waals surface area contributed by atoms with E-state index in [1.54, 1.807) is 0 Å². The Bertz CT molecular complexity index is 392. The lowest BCUT2D eigenvalue weighted by Crippen LogP contribution is -2.37. The molecule has 0 unspecified atom stereocenters. The van der Waals surface area contributed by atoms with Gasteiger partial charge < -0.3 is 15.4 Å². The molecular formula is C12H21N5O. The van der Waals surface area contributed by atoms with Crippen molar-refractivity contribution in [1.29, 1.82) is 0 Å². The highest BCUT2D eigenvalue weighted by molar-refractivity contribution is 5.58. The maximum atomic E-state index is 9.25. The van der Waals surface area contributed by atoms with Gasteiger partial charge in [0.05, 0.1) is 6.61 Å². The van der Waals surface area contributed by atoms with E-state index < -0.39 is 0 Å². The number of nitrogen functional groups attached to an aromatic ring is 1. The predicted molar refractivity (Wildman–Crippen MR) is 71.3 cm³/mol. The van der Waals surface area contributed by atoms with Crippen molar-refractivity contribution in [3.05, 3.63) is 11.9 Å². The SMILES string of the molecule is Cc1c(NN)ncnc1N(CCO)C1CCCC1. The summed E-state index contributed by atoms with van der Waals surface area (Å²) in [5, 5.41) is 9.25. The van der Waals surface area contributed by atoms with Crippen molar-refractivity contribution in [3.63, 3.8) is 0 Å². The van der Waals surface area contributed by atoms with Crippen molar-refractivity contribution in [2.45, 2.75) is 38.6 Å². The average Bonchev–Trinajstić information content (AvgIpc) is 2.90. The van der Waals surface area contributed by atoms with Gasteiger partial charge in [-0.3, -0.25) is 0 Å². The molecule has 4 N–H and O–H groups in total. The van der Waals surface area contributed by atoms with E-state index in [2.05, 4.69) is 20.3 Å². The molecule has 1 aromatic heterocycles.